The summed E-state index contributed by atoms with van der Waals surface area (Å²) in [6.45, 7) is 1.49. The molecule has 0 radical (unpaired) electrons. The molecule has 1 fully saturated rings. The quantitative estimate of drug-likeness (QED) is 0.474. The number of ketones is 1. The van der Waals surface area contributed by atoms with E-state index < -0.39 is 0 Å². The van der Waals surface area contributed by atoms with Gasteiger partial charge in [0.05, 0.1) is 0 Å². The fourth-order valence-electron chi connectivity index (χ4n) is 1.98. The molecule has 0 bridgehead atoms. The molecule has 1 saturated carbocycles. The molecule has 2 unspecified atom stereocenters. The summed E-state index contributed by atoms with van der Waals surface area (Å²) in [7, 11) is 0. The van der Waals surface area contributed by atoms with Gasteiger partial charge in [-0.05, 0) is 19.8 Å². The van der Waals surface area contributed by atoms with Crippen molar-refractivity contribution in [1.82, 2.24) is 0 Å². The van der Waals surface area contributed by atoms with Crippen molar-refractivity contribution in [2.45, 2.75) is 26.2 Å². The first-order valence-electron chi connectivity index (χ1n) is 4.23. The Balaban J connectivity index is 2.52. The summed E-state index contributed by atoms with van der Waals surface area (Å²) in [5.74, 6) is 0.0623. The van der Waals surface area contributed by atoms with E-state index in [4.69, 9.17) is 0 Å². The maximum atomic E-state index is 11.0. The van der Waals surface area contributed by atoms with Gasteiger partial charge in [-0.2, -0.15) is 0 Å². The Morgan fingerprint density at radius 3 is 2.75 bits per heavy atom. The van der Waals surface area contributed by atoms with Crippen LogP contribution in [0.5, 0.6) is 0 Å². The van der Waals surface area contributed by atoms with Crippen LogP contribution in [0.3, 0.4) is 0 Å². The molecule has 2 atom stereocenters. The normalized spacial score (nSPS) is 28.8. The summed E-state index contributed by atoms with van der Waals surface area (Å²) in [6.07, 6.45) is 2.64. The zero-order chi connectivity index (χ0) is 9.14. The first-order valence-corrected chi connectivity index (χ1v) is 4.23. The maximum Gasteiger partial charge on any atom is 0.207 e. The maximum absolute atomic E-state index is 11.0. The van der Waals surface area contributed by atoms with Crippen molar-refractivity contribution in [3.05, 3.63) is 10.1 Å². The number of hydrogen-bond donors (Lipinski definition) is 0. The molecule has 4 nitrogen and oxygen atoms in total. The van der Waals surface area contributed by atoms with Crippen LogP contribution in [0.25, 0.3) is 0 Å². The van der Waals surface area contributed by atoms with E-state index in [2.05, 4.69) is 0 Å². The molecule has 0 heterocycles. The monoisotopic (exact) mass is 171 g/mol. The van der Waals surface area contributed by atoms with Gasteiger partial charge in [0.2, 0.25) is 6.54 Å². The van der Waals surface area contributed by atoms with Crippen molar-refractivity contribution >= 4 is 5.78 Å². The van der Waals surface area contributed by atoms with Crippen LogP contribution in [-0.4, -0.2) is 17.3 Å². The highest BCUT2D eigenvalue weighted by molar-refractivity contribution is 5.78. The summed E-state index contributed by atoms with van der Waals surface area (Å²) < 4.78 is 0. The van der Waals surface area contributed by atoms with Crippen molar-refractivity contribution in [2.75, 3.05) is 6.54 Å². The highest BCUT2D eigenvalue weighted by Crippen LogP contribution is 2.32. The Morgan fingerprint density at radius 2 is 2.25 bits per heavy atom. The number of Topliss-reactive ketones (excluding diaryl/α,β-unsaturated/α-hetero) is 1. The average molecular weight is 171 g/mol. The van der Waals surface area contributed by atoms with Gasteiger partial charge in [0.15, 0.2) is 0 Å². The number of nitrogens with zero attached hydrogens (tertiary/aromatic N) is 1. The second kappa shape index (κ2) is 3.65. The lowest BCUT2D eigenvalue weighted by Gasteiger charge is -2.11. The first-order chi connectivity index (χ1) is 5.61. The molecular weight excluding hydrogens is 158 g/mol. The van der Waals surface area contributed by atoms with Crippen LogP contribution in [0, 0.1) is 22.0 Å². The van der Waals surface area contributed by atoms with Crippen LogP contribution in [0.4, 0.5) is 0 Å². The Hall–Kier alpha value is -0.930. The molecule has 68 valence electrons. The van der Waals surface area contributed by atoms with Gasteiger partial charge < -0.3 is 0 Å². The minimum Gasteiger partial charge on any atom is -0.300 e. The molecule has 4 heteroatoms. The van der Waals surface area contributed by atoms with Crippen LogP contribution < -0.4 is 0 Å². The molecular formula is C8H13NO3. The van der Waals surface area contributed by atoms with Crippen LogP contribution in [0.2, 0.25) is 0 Å². The van der Waals surface area contributed by atoms with E-state index in [1.807, 2.05) is 0 Å². The second-order valence-corrected chi connectivity index (χ2v) is 3.42. The molecule has 0 aliphatic heterocycles. The van der Waals surface area contributed by atoms with Crippen LogP contribution in [-0.2, 0) is 4.79 Å². The molecule has 12 heavy (non-hydrogen) atoms. The molecule has 0 aromatic rings. The van der Waals surface area contributed by atoms with Gasteiger partial charge in [0, 0.05) is 16.8 Å². The Kier molecular flexibility index (Phi) is 2.78. The van der Waals surface area contributed by atoms with Crippen LogP contribution in [0.1, 0.15) is 26.2 Å². The minimum absolute atomic E-state index is 0.00231. The minimum atomic E-state index is -0.314. The fourth-order valence-corrected chi connectivity index (χ4v) is 1.98. The van der Waals surface area contributed by atoms with Crippen molar-refractivity contribution in [2.24, 2.45) is 11.8 Å². The predicted molar refractivity (Wildman–Crippen MR) is 43.4 cm³/mol. The van der Waals surface area contributed by atoms with Gasteiger partial charge in [-0.3, -0.25) is 14.9 Å². The van der Waals surface area contributed by atoms with Gasteiger partial charge in [-0.15, -0.1) is 0 Å². The van der Waals surface area contributed by atoms with Crippen molar-refractivity contribution < 1.29 is 9.72 Å². The van der Waals surface area contributed by atoms with E-state index in [0.717, 1.165) is 19.3 Å². The topological polar surface area (TPSA) is 60.2 Å². The fraction of sp³-hybridized carbons (Fsp3) is 0.875. The largest absolute Gasteiger partial charge is 0.300 e. The van der Waals surface area contributed by atoms with Crippen molar-refractivity contribution in [3.63, 3.8) is 0 Å². The highest BCUT2D eigenvalue weighted by atomic mass is 16.6. The lowest BCUT2D eigenvalue weighted by molar-refractivity contribution is -0.488. The summed E-state index contributed by atoms with van der Waals surface area (Å²) in [5.41, 5.74) is 0. The number of rotatable bonds is 3. The lowest BCUT2D eigenvalue weighted by Crippen LogP contribution is -2.23. The van der Waals surface area contributed by atoms with Gasteiger partial charge in [-0.1, -0.05) is 6.42 Å². The van der Waals surface area contributed by atoms with Gasteiger partial charge in [-0.25, -0.2) is 0 Å². The van der Waals surface area contributed by atoms with E-state index >= 15 is 0 Å². The SMILES string of the molecule is CC(=O)C1CCCC1C[N+](=O)[O-]. The Labute approximate surface area is 71.1 Å². The van der Waals surface area contributed by atoms with Gasteiger partial charge in [0.25, 0.3) is 0 Å². The van der Waals surface area contributed by atoms with E-state index in [1.54, 1.807) is 0 Å². The van der Waals surface area contributed by atoms with Crippen molar-refractivity contribution in [3.8, 4) is 0 Å². The van der Waals surface area contributed by atoms with Crippen LogP contribution >= 0.6 is 0 Å². The van der Waals surface area contributed by atoms with E-state index in [9.17, 15) is 14.9 Å². The molecule has 0 aromatic heterocycles. The molecule has 0 spiro atoms. The molecule has 0 aromatic carbocycles. The zero-order valence-corrected chi connectivity index (χ0v) is 7.16. The van der Waals surface area contributed by atoms with Gasteiger partial charge >= 0.3 is 0 Å². The second-order valence-electron chi connectivity index (χ2n) is 3.42. The van der Waals surface area contributed by atoms with Crippen molar-refractivity contribution in [1.29, 1.82) is 0 Å². The van der Waals surface area contributed by atoms with E-state index in [-0.39, 0.29) is 29.1 Å². The molecule has 0 saturated heterocycles. The molecule has 1 aliphatic rings. The van der Waals surface area contributed by atoms with Gasteiger partial charge in [0.1, 0.15) is 5.78 Å². The predicted octanol–water partition coefficient (Wildman–Crippen LogP) is 1.27. The smallest absolute Gasteiger partial charge is 0.207 e. The number of hydrogen-bond acceptors (Lipinski definition) is 3. The Morgan fingerprint density at radius 1 is 1.58 bits per heavy atom. The summed E-state index contributed by atoms with van der Waals surface area (Å²) >= 11 is 0. The number of nitro groups is 1. The number of carbonyl (C=O) groups excluding carboxylic acids is 1. The third kappa shape index (κ3) is 2.03. The standard InChI is InChI=1S/C8H13NO3/c1-6(10)8-4-2-3-7(8)5-9(11)12/h7-8H,2-5H2,1H3. The van der Waals surface area contributed by atoms with E-state index in [1.165, 1.54) is 6.92 Å². The molecule has 1 rings (SSSR count). The van der Waals surface area contributed by atoms with E-state index in [0.29, 0.717) is 0 Å². The Bertz CT molecular complexity index is 202. The lowest BCUT2D eigenvalue weighted by atomic mass is 9.93. The highest BCUT2D eigenvalue weighted by Gasteiger charge is 2.33. The zero-order valence-electron chi connectivity index (χ0n) is 7.16. The average Bonchev–Trinajstić information content (AvgIpc) is 2.33. The molecule has 0 N–H and O–H groups in total. The van der Waals surface area contributed by atoms with Crippen LogP contribution in [0.15, 0.2) is 0 Å². The first kappa shape index (κ1) is 9.16. The summed E-state index contributed by atoms with van der Waals surface area (Å²) in [4.78, 5) is 20.9. The number of carbonyl (C=O) groups is 1. The third-order valence-electron chi connectivity index (χ3n) is 2.56. The summed E-state index contributed by atoms with van der Waals surface area (Å²) in [6, 6.07) is 0. The third-order valence-corrected chi connectivity index (χ3v) is 2.56. The molecule has 0 amide bonds. The summed E-state index contributed by atoms with van der Waals surface area (Å²) in [5, 5.41) is 10.2. The molecule has 1 aliphatic carbocycles.